The predicted octanol–water partition coefficient (Wildman–Crippen LogP) is 5.02. The van der Waals surface area contributed by atoms with Crippen molar-refractivity contribution in [3.8, 4) is 11.1 Å². The first-order valence-electron chi connectivity index (χ1n) is 11.2. The molecule has 4 nitrogen and oxygen atoms in total. The highest BCUT2D eigenvalue weighted by atomic mass is 16.5. The summed E-state index contributed by atoms with van der Waals surface area (Å²) in [6.07, 6.45) is 14.4. The molecule has 1 saturated carbocycles. The van der Waals surface area contributed by atoms with Gasteiger partial charge < -0.3 is 9.64 Å². The maximum atomic E-state index is 5.53. The van der Waals surface area contributed by atoms with Crippen molar-refractivity contribution < 1.29 is 4.74 Å². The largest absolute Gasteiger partial charge is 0.381 e. The lowest BCUT2D eigenvalue weighted by atomic mass is 9.77. The molecule has 2 fully saturated rings. The number of anilines is 1. The molecule has 0 bridgehead atoms. The predicted molar refractivity (Wildman–Crippen MR) is 114 cm³/mol. The van der Waals surface area contributed by atoms with Gasteiger partial charge in [-0.3, -0.25) is 4.68 Å². The van der Waals surface area contributed by atoms with Gasteiger partial charge in [-0.15, -0.1) is 0 Å². The zero-order valence-corrected chi connectivity index (χ0v) is 17.4. The van der Waals surface area contributed by atoms with E-state index in [9.17, 15) is 0 Å². The number of hydrogen-bond donors (Lipinski definition) is 0. The molecule has 1 atom stereocenters. The average molecular weight is 380 g/mol. The van der Waals surface area contributed by atoms with Crippen LogP contribution in [0.15, 0.2) is 24.5 Å². The van der Waals surface area contributed by atoms with Crippen LogP contribution in [0.1, 0.15) is 62.6 Å². The quantitative estimate of drug-likeness (QED) is 0.748. The molecule has 28 heavy (non-hydrogen) atoms. The number of rotatable bonds is 4. The summed E-state index contributed by atoms with van der Waals surface area (Å²) in [5.74, 6) is 0.875. The van der Waals surface area contributed by atoms with E-state index in [-0.39, 0.29) is 0 Å². The fourth-order valence-electron chi connectivity index (χ4n) is 5.19. The third-order valence-electron chi connectivity index (χ3n) is 7.45. The molecule has 0 amide bonds. The van der Waals surface area contributed by atoms with Crippen LogP contribution in [0.5, 0.6) is 0 Å². The summed E-state index contributed by atoms with van der Waals surface area (Å²) in [5, 5.41) is 4.76. The minimum atomic E-state index is 0.488. The van der Waals surface area contributed by atoms with Gasteiger partial charge in [-0.1, -0.05) is 25.3 Å². The van der Waals surface area contributed by atoms with Gasteiger partial charge in [-0.05, 0) is 67.7 Å². The number of aromatic nitrogens is 2. The molecule has 1 aromatic carbocycles. The van der Waals surface area contributed by atoms with Gasteiger partial charge in [0.1, 0.15) is 0 Å². The lowest BCUT2D eigenvalue weighted by molar-refractivity contribution is 0.0662. The Hall–Kier alpha value is -1.81. The first kappa shape index (κ1) is 18.2. The second kappa shape index (κ2) is 7.55. The van der Waals surface area contributed by atoms with E-state index in [0.29, 0.717) is 12.1 Å². The Morgan fingerprint density at radius 3 is 2.68 bits per heavy atom. The Kier molecular flexibility index (Phi) is 4.92. The lowest BCUT2D eigenvalue weighted by Gasteiger charge is -2.37. The van der Waals surface area contributed by atoms with E-state index < -0.39 is 0 Å². The minimum Gasteiger partial charge on any atom is -0.381 e. The van der Waals surface area contributed by atoms with Gasteiger partial charge in [0.25, 0.3) is 0 Å². The smallest absolute Gasteiger partial charge is 0.0568 e. The van der Waals surface area contributed by atoms with Crippen LogP contribution in [0.25, 0.3) is 11.1 Å². The normalized spacial score (nSPS) is 23.5. The summed E-state index contributed by atoms with van der Waals surface area (Å²) in [6, 6.07) is 5.84. The van der Waals surface area contributed by atoms with Crippen molar-refractivity contribution in [3.63, 3.8) is 0 Å². The average Bonchev–Trinajstić information content (AvgIpc) is 3.18. The summed E-state index contributed by atoms with van der Waals surface area (Å²) in [4.78, 5) is 2.48. The van der Waals surface area contributed by atoms with Crippen LogP contribution in [-0.2, 0) is 17.6 Å². The molecule has 0 N–H and O–H groups in total. The first-order chi connectivity index (χ1) is 13.7. The van der Waals surface area contributed by atoms with Crippen molar-refractivity contribution in [1.29, 1.82) is 0 Å². The number of benzene rings is 1. The second-order valence-corrected chi connectivity index (χ2v) is 9.14. The van der Waals surface area contributed by atoms with E-state index in [1.54, 1.807) is 11.1 Å². The fourth-order valence-corrected chi connectivity index (χ4v) is 5.19. The summed E-state index contributed by atoms with van der Waals surface area (Å²) in [7, 11) is 2.26. The molecule has 1 saturated heterocycles. The Balaban J connectivity index is 1.52. The van der Waals surface area contributed by atoms with Gasteiger partial charge in [0.2, 0.25) is 0 Å². The number of ether oxygens (including phenoxy) is 1. The van der Waals surface area contributed by atoms with Crippen LogP contribution >= 0.6 is 0 Å². The number of hydrogen-bond acceptors (Lipinski definition) is 3. The Morgan fingerprint density at radius 1 is 1.11 bits per heavy atom. The number of fused-ring (bicyclic) bond motifs is 1. The van der Waals surface area contributed by atoms with Gasteiger partial charge in [-0.25, -0.2) is 0 Å². The molecule has 1 aliphatic carbocycles. The summed E-state index contributed by atoms with van der Waals surface area (Å²) in [5.41, 5.74) is 7.38. The van der Waals surface area contributed by atoms with Gasteiger partial charge in [0.15, 0.2) is 0 Å². The van der Waals surface area contributed by atoms with Crippen LogP contribution in [0.4, 0.5) is 5.69 Å². The van der Waals surface area contributed by atoms with E-state index in [0.717, 1.165) is 32.0 Å². The first-order valence-corrected chi connectivity index (χ1v) is 11.2. The standard InChI is InChI=1S/C24H33N3O/c1-17-6-7-22-23(14-18-4-3-5-18)21(8-9-24(22)26(17)2)19-15-25-27(16-19)20-10-12-28-13-11-20/h8-9,15-18,20H,3-7,10-14H2,1-2H3. The molecule has 3 heterocycles. The molecule has 1 aromatic heterocycles. The van der Waals surface area contributed by atoms with Crippen LogP contribution in [0.3, 0.4) is 0 Å². The van der Waals surface area contributed by atoms with Crippen LogP contribution in [0.2, 0.25) is 0 Å². The molecule has 4 heteroatoms. The molecule has 5 rings (SSSR count). The van der Waals surface area contributed by atoms with Crippen molar-refractivity contribution in [2.45, 2.75) is 70.4 Å². The third kappa shape index (κ3) is 3.26. The monoisotopic (exact) mass is 379 g/mol. The van der Waals surface area contributed by atoms with Gasteiger partial charge in [0.05, 0.1) is 12.2 Å². The van der Waals surface area contributed by atoms with Crippen molar-refractivity contribution in [3.05, 3.63) is 35.7 Å². The van der Waals surface area contributed by atoms with E-state index >= 15 is 0 Å². The van der Waals surface area contributed by atoms with Crippen molar-refractivity contribution in [2.24, 2.45) is 5.92 Å². The molecule has 150 valence electrons. The number of nitrogens with zero attached hydrogens (tertiary/aromatic N) is 3. The maximum Gasteiger partial charge on any atom is 0.0568 e. The van der Waals surface area contributed by atoms with E-state index in [4.69, 9.17) is 9.84 Å². The molecule has 0 spiro atoms. The third-order valence-corrected chi connectivity index (χ3v) is 7.45. The highest BCUT2D eigenvalue weighted by Crippen LogP contribution is 2.41. The summed E-state index contributed by atoms with van der Waals surface area (Å²) >= 11 is 0. The molecule has 1 unspecified atom stereocenters. The molecule has 2 aromatic rings. The highest BCUT2D eigenvalue weighted by Gasteiger charge is 2.28. The van der Waals surface area contributed by atoms with Crippen LogP contribution < -0.4 is 4.90 Å². The highest BCUT2D eigenvalue weighted by molar-refractivity contribution is 5.74. The molecular weight excluding hydrogens is 346 g/mol. The lowest BCUT2D eigenvalue weighted by Crippen LogP contribution is -2.34. The van der Waals surface area contributed by atoms with Crippen molar-refractivity contribution >= 4 is 5.69 Å². The Labute approximate surface area is 168 Å². The molecular formula is C24H33N3O. The zero-order valence-electron chi connectivity index (χ0n) is 17.4. The topological polar surface area (TPSA) is 30.3 Å². The maximum absolute atomic E-state index is 5.53. The summed E-state index contributed by atoms with van der Waals surface area (Å²) < 4.78 is 7.72. The van der Waals surface area contributed by atoms with Crippen molar-refractivity contribution in [1.82, 2.24) is 9.78 Å². The zero-order chi connectivity index (χ0) is 19.1. The Bertz CT molecular complexity index is 832. The van der Waals surface area contributed by atoms with Gasteiger partial charge >= 0.3 is 0 Å². The van der Waals surface area contributed by atoms with Crippen LogP contribution in [0, 0.1) is 5.92 Å². The summed E-state index contributed by atoms with van der Waals surface area (Å²) in [6.45, 7) is 4.06. The van der Waals surface area contributed by atoms with Crippen LogP contribution in [-0.4, -0.2) is 36.1 Å². The van der Waals surface area contributed by atoms with E-state index in [1.165, 1.54) is 55.3 Å². The minimum absolute atomic E-state index is 0.488. The van der Waals surface area contributed by atoms with E-state index in [1.807, 2.05) is 0 Å². The van der Waals surface area contributed by atoms with Gasteiger partial charge in [0, 0.05) is 43.8 Å². The Morgan fingerprint density at radius 2 is 1.93 bits per heavy atom. The van der Waals surface area contributed by atoms with E-state index in [2.05, 4.69) is 48.1 Å². The van der Waals surface area contributed by atoms with Gasteiger partial charge in [-0.2, -0.15) is 5.10 Å². The molecule has 2 aliphatic heterocycles. The SMILES string of the molecule is CC1CCc2c(ccc(-c3cnn(C4CCOCC4)c3)c2CC2CCC2)N1C. The second-order valence-electron chi connectivity index (χ2n) is 9.14. The van der Waals surface area contributed by atoms with Crippen molar-refractivity contribution in [2.75, 3.05) is 25.2 Å². The molecule has 3 aliphatic rings. The fraction of sp³-hybridized carbons (Fsp3) is 0.625. The molecule has 0 radical (unpaired) electrons.